The van der Waals surface area contributed by atoms with E-state index in [1.165, 1.54) is 0 Å². The van der Waals surface area contributed by atoms with Crippen LogP contribution in [0, 0.1) is 0 Å². The third kappa shape index (κ3) is 4.07. The predicted molar refractivity (Wildman–Crippen MR) is 69.3 cm³/mol. The fraction of sp³-hybridized carbons (Fsp3) is 0.571. The van der Waals surface area contributed by atoms with Crippen LogP contribution in [0.1, 0.15) is 18.1 Å². The van der Waals surface area contributed by atoms with Crippen LogP contribution in [0.3, 0.4) is 0 Å². The van der Waals surface area contributed by atoms with E-state index in [1.807, 2.05) is 30.3 Å². The van der Waals surface area contributed by atoms with Crippen LogP contribution in [0.5, 0.6) is 0 Å². The van der Waals surface area contributed by atoms with Crippen molar-refractivity contribution in [3.63, 3.8) is 0 Å². The Morgan fingerprint density at radius 3 is 2.44 bits per heavy atom. The van der Waals surface area contributed by atoms with E-state index in [1.54, 1.807) is 0 Å². The molecule has 2 rings (SSSR count). The molecule has 1 saturated heterocycles. The lowest BCUT2D eigenvalue weighted by atomic mass is 10.0. The number of aliphatic hydroxyl groups is 2. The second kappa shape index (κ2) is 6.85. The van der Waals surface area contributed by atoms with Gasteiger partial charge in [-0.2, -0.15) is 0 Å². The van der Waals surface area contributed by atoms with Crippen molar-refractivity contribution in [1.82, 2.24) is 4.90 Å². The summed E-state index contributed by atoms with van der Waals surface area (Å²) in [4.78, 5) is 2.17. The van der Waals surface area contributed by atoms with E-state index < -0.39 is 12.2 Å². The minimum Gasteiger partial charge on any atom is -0.392 e. The number of hydrogen-bond acceptors (Lipinski definition) is 4. The molecule has 2 N–H and O–H groups in total. The Morgan fingerprint density at radius 1 is 1.11 bits per heavy atom. The zero-order valence-corrected chi connectivity index (χ0v) is 10.5. The number of hydrogen-bond donors (Lipinski definition) is 2. The smallest absolute Gasteiger partial charge is 0.0815 e. The first-order chi connectivity index (χ1) is 8.75. The summed E-state index contributed by atoms with van der Waals surface area (Å²) in [6.45, 7) is 3.78. The average molecular weight is 251 g/mol. The third-order valence-electron chi connectivity index (χ3n) is 3.25. The van der Waals surface area contributed by atoms with Gasteiger partial charge in [-0.3, -0.25) is 4.90 Å². The summed E-state index contributed by atoms with van der Waals surface area (Å²) >= 11 is 0. The summed E-state index contributed by atoms with van der Waals surface area (Å²) in [5.41, 5.74) is 0.860. The number of ether oxygens (including phenoxy) is 1. The van der Waals surface area contributed by atoms with Crippen LogP contribution in [-0.4, -0.2) is 54.1 Å². The van der Waals surface area contributed by atoms with Crippen molar-refractivity contribution in [2.45, 2.75) is 18.6 Å². The van der Waals surface area contributed by atoms with Gasteiger partial charge < -0.3 is 14.9 Å². The van der Waals surface area contributed by atoms with Crippen LogP contribution < -0.4 is 0 Å². The topological polar surface area (TPSA) is 52.9 Å². The van der Waals surface area contributed by atoms with Crippen molar-refractivity contribution in [2.75, 3.05) is 32.8 Å². The van der Waals surface area contributed by atoms with Gasteiger partial charge in [-0.25, -0.2) is 0 Å². The molecule has 0 amide bonds. The van der Waals surface area contributed by atoms with Crippen LogP contribution in [0.25, 0.3) is 0 Å². The highest BCUT2D eigenvalue weighted by Gasteiger charge is 2.18. The quantitative estimate of drug-likeness (QED) is 0.813. The number of rotatable bonds is 5. The Labute approximate surface area is 108 Å². The Bertz CT molecular complexity index is 338. The summed E-state index contributed by atoms with van der Waals surface area (Å²) < 4.78 is 5.26. The van der Waals surface area contributed by atoms with Crippen LogP contribution in [0.4, 0.5) is 0 Å². The highest BCUT2D eigenvalue weighted by atomic mass is 16.5. The molecule has 1 aliphatic rings. The summed E-state index contributed by atoms with van der Waals surface area (Å²) in [6.07, 6.45) is -0.720. The van der Waals surface area contributed by atoms with Gasteiger partial charge in [0.2, 0.25) is 0 Å². The Kier molecular flexibility index (Phi) is 5.13. The first-order valence-corrected chi connectivity index (χ1v) is 6.47. The van der Waals surface area contributed by atoms with Gasteiger partial charge in [-0.15, -0.1) is 0 Å². The molecule has 0 bridgehead atoms. The van der Waals surface area contributed by atoms with E-state index in [2.05, 4.69) is 4.90 Å². The normalized spacial score (nSPS) is 20.6. The molecule has 2 atom stereocenters. The summed E-state index contributed by atoms with van der Waals surface area (Å²) in [7, 11) is 0. The second-order valence-corrected chi connectivity index (χ2v) is 4.73. The summed E-state index contributed by atoms with van der Waals surface area (Å²) in [6, 6.07) is 9.47. The van der Waals surface area contributed by atoms with Crippen molar-refractivity contribution in [2.24, 2.45) is 0 Å². The molecule has 0 saturated carbocycles. The summed E-state index contributed by atoms with van der Waals surface area (Å²) in [5, 5.41) is 20.0. The van der Waals surface area contributed by atoms with Crippen LogP contribution in [0.15, 0.2) is 30.3 Å². The lowest BCUT2D eigenvalue weighted by Gasteiger charge is -2.29. The zero-order valence-electron chi connectivity index (χ0n) is 10.5. The Morgan fingerprint density at radius 2 is 1.78 bits per heavy atom. The molecule has 4 nitrogen and oxygen atoms in total. The summed E-state index contributed by atoms with van der Waals surface area (Å²) in [5.74, 6) is 0. The minimum atomic E-state index is -0.595. The van der Waals surface area contributed by atoms with Gasteiger partial charge in [-0.1, -0.05) is 30.3 Å². The van der Waals surface area contributed by atoms with E-state index in [0.29, 0.717) is 13.0 Å². The number of benzene rings is 1. The van der Waals surface area contributed by atoms with Gasteiger partial charge >= 0.3 is 0 Å². The largest absolute Gasteiger partial charge is 0.392 e. The molecule has 0 radical (unpaired) electrons. The average Bonchev–Trinajstić information content (AvgIpc) is 2.40. The van der Waals surface area contributed by atoms with Gasteiger partial charge in [0.1, 0.15) is 0 Å². The molecular formula is C14H21NO3. The number of nitrogens with zero attached hydrogens (tertiary/aromatic N) is 1. The molecule has 0 aliphatic carbocycles. The van der Waals surface area contributed by atoms with Crippen molar-refractivity contribution in [1.29, 1.82) is 0 Å². The first kappa shape index (κ1) is 13.5. The molecule has 18 heavy (non-hydrogen) atoms. The van der Waals surface area contributed by atoms with Crippen LogP contribution in [0.2, 0.25) is 0 Å². The van der Waals surface area contributed by atoms with Gasteiger partial charge in [0, 0.05) is 26.1 Å². The van der Waals surface area contributed by atoms with Gasteiger partial charge in [0.25, 0.3) is 0 Å². The standard InChI is InChI=1S/C14H21NO3/c16-13(11-15-6-8-18-9-7-15)10-14(17)12-4-2-1-3-5-12/h1-5,13-14,16-17H,6-11H2/t13-,14+/m0/s1. The molecule has 0 unspecified atom stereocenters. The maximum Gasteiger partial charge on any atom is 0.0815 e. The molecular weight excluding hydrogens is 230 g/mol. The van der Waals surface area contributed by atoms with Gasteiger partial charge in [0.05, 0.1) is 25.4 Å². The lowest BCUT2D eigenvalue weighted by Crippen LogP contribution is -2.41. The van der Waals surface area contributed by atoms with Crippen LogP contribution in [-0.2, 0) is 4.74 Å². The first-order valence-electron chi connectivity index (χ1n) is 6.47. The zero-order chi connectivity index (χ0) is 12.8. The second-order valence-electron chi connectivity index (χ2n) is 4.73. The highest BCUT2D eigenvalue weighted by Crippen LogP contribution is 2.18. The maximum absolute atomic E-state index is 10.0. The molecule has 0 aromatic heterocycles. The lowest BCUT2D eigenvalue weighted by molar-refractivity contribution is 0.00216. The predicted octanol–water partition coefficient (Wildman–Crippen LogP) is 0.803. The van der Waals surface area contributed by atoms with E-state index in [-0.39, 0.29) is 0 Å². The maximum atomic E-state index is 10.0. The molecule has 1 heterocycles. The van der Waals surface area contributed by atoms with Crippen molar-refractivity contribution >= 4 is 0 Å². The van der Waals surface area contributed by atoms with E-state index in [9.17, 15) is 10.2 Å². The highest BCUT2D eigenvalue weighted by molar-refractivity contribution is 5.17. The molecule has 1 aromatic carbocycles. The van der Waals surface area contributed by atoms with E-state index in [0.717, 1.165) is 31.9 Å². The molecule has 100 valence electrons. The van der Waals surface area contributed by atoms with Crippen molar-refractivity contribution in [3.05, 3.63) is 35.9 Å². The molecule has 1 aliphatic heterocycles. The Hall–Kier alpha value is -0.940. The Balaban J connectivity index is 1.78. The van der Waals surface area contributed by atoms with Crippen molar-refractivity contribution in [3.8, 4) is 0 Å². The SMILES string of the molecule is O[C@@H](C[C@@H](O)c1ccccc1)CN1CCOCC1. The molecule has 1 aromatic rings. The number of morpholine rings is 1. The number of aliphatic hydroxyl groups excluding tert-OH is 2. The van der Waals surface area contributed by atoms with Gasteiger partial charge in [-0.05, 0) is 5.56 Å². The van der Waals surface area contributed by atoms with Gasteiger partial charge in [0.15, 0.2) is 0 Å². The number of β-amino-alcohol motifs (C(OH)–C–C–N with tert-alkyl or cyclic N) is 1. The third-order valence-corrected chi connectivity index (χ3v) is 3.25. The monoisotopic (exact) mass is 251 g/mol. The fourth-order valence-corrected chi connectivity index (χ4v) is 2.23. The van der Waals surface area contributed by atoms with Crippen molar-refractivity contribution < 1.29 is 14.9 Å². The van der Waals surface area contributed by atoms with E-state index >= 15 is 0 Å². The van der Waals surface area contributed by atoms with Crippen LogP contribution >= 0.6 is 0 Å². The fourth-order valence-electron chi connectivity index (χ4n) is 2.23. The molecule has 4 heteroatoms. The molecule has 0 spiro atoms. The molecule has 1 fully saturated rings. The minimum absolute atomic E-state index is 0.376. The van der Waals surface area contributed by atoms with E-state index in [4.69, 9.17) is 4.74 Å².